The Hall–Kier alpha value is -1.64. The van der Waals surface area contributed by atoms with Gasteiger partial charge in [0.1, 0.15) is 10.7 Å². The third-order valence-electron chi connectivity index (χ3n) is 4.67. The fraction of sp³-hybridized carbons (Fsp3) is 0.500. The molecule has 0 spiro atoms. The molecular weight excluding hydrogens is 372 g/mol. The maximum absolute atomic E-state index is 12.7. The lowest BCUT2D eigenvalue weighted by atomic mass is 10.1. The van der Waals surface area contributed by atoms with Gasteiger partial charge in [0.05, 0.1) is 6.04 Å². The molecule has 8 heteroatoms. The van der Waals surface area contributed by atoms with E-state index < -0.39 is 15.9 Å². The Morgan fingerprint density at radius 1 is 1.23 bits per heavy atom. The van der Waals surface area contributed by atoms with E-state index in [9.17, 15) is 13.2 Å². The Kier molecular flexibility index (Phi) is 5.28. The third kappa shape index (κ3) is 3.58. The van der Waals surface area contributed by atoms with Gasteiger partial charge >= 0.3 is 0 Å². The number of amides is 1. The van der Waals surface area contributed by atoms with Crippen molar-refractivity contribution in [1.82, 2.24) is 9.62 Å². The summed E-state index contributed by atoms with van der Waals surface area (Å²) in [6.07, 6.45) is 1.72. The van der Waals surface area contributed by atoms with Crippen molar-refractivity contribution in [3.05, 3.63) is 39.0 Å². The van der Waals surface area contributed by atoms with Crippen LogP contribution < -0.4 is 5.32 Å². The fourth-order valence-electron chi connectivity index (χ4n) is 3.33. The van der Waals surface area contributed by atoms with E-state index >= 15 is 0 Å². The van der Waals surface area contributed by atoms with Crippen LogP contribution in [0.15, 0.2) is 21.4 Å². The van der Waals surface area contributed by atoms with Crippen LogP contribution in [0.25, 0.3) is 0 Å². The average Bonchev–Trinajstić information content (AvgIpc) is 3.27. The van der Waals surface area contributed by atoms with Crippen LogP contribution in [0.4, 0.5) is 0 Å². The van der Waals surface area contributed by atoms with Crippen LogP contribution in [-0.4, -0.2) is 31.7 Å². The second-order valence-corrected chi connectivity index (χ2v) is 10.1. The maximum atomic E-state index is 12.7. The highest BCUT2D eigenvalue weighted by Crippen LogP contribution is 2.28. The molecule has 142 valence electrons. The van der Waals surface area contributed by atoms with Gasteiger partial charge in [-0.2, -0.15) is 4.31 Å². The molecule has 1 fully saturated rings. The number of carbonyl (C=O) groups is 1. The van der Waals surface area contributed by atoms with Crippen LogP contribution in [0.3, 0.4) is 0 Å². The molecule has 0 aliphatic carbocycles. The van der Waals surface area contributed by atoms with E-state index in [-0.39, 0.29) is 22.5 Å². The van der Waals surface area contributed by atoms with Crippen molar-refractivity contribution < 1.29 is 17.6 Å². The number of nitrogens with zero attached hydrogens (tertiary/aromatic N) is 1. The van der Waals surface area contributed by atoms with Crippen molar-refractivity contribution in [2.24, 2.45) is 0 Å². The van der Waals surface area contributed by atoms with E-state index in [2.05, 4.69) is 11.4 Å². The molecule has 0 radical (unpaired) electrons. The number of sulfonamides is 1. The predicted molar refractivity (Wildman–Crippen MR) is 101 cm³/mol. The highest BCUT2D eigenvalue weighted by Gasteiger charge is 2.32. The minimum absolute atomic E-state index is 0.0247. The Labute approximate surface area is 158 Å². The summed E-state index contributed by atoms with van der Waals surface area (Å²) < 4.78 is 32.4. The van der Waals surface area contributed by atoms with E-state index in [1.807, 2.05) is 20.8 Å². The zero-order valence-electron chi connectivity index (χ0n) is 15.5. The Morgan fingerprint density at radius 2 is 1.88 bits per heavy atom. The topological polar surface area (TPSA) is 79.6 Å². The van der Waals surface area contributed by atoms with Crippen LogP contribution in [0.2, 0.25) is 0 Å². The van der Waals surface area contributed by atoms with E-state index in [1.165, 1.54) is 15.2 Å². The minimum atomic E-state index is -3.60. The molecule has 0 saturated carbocycles. The highest BCUT2D eigenvalue weighted by atomic mass is 32.2. The number of furan rings is 1. The molecule has 1 N–H and O–H groups in total. The molecule has 1 saturated heterocycles. The molecule has 1 amide bonds. The summed E-state index contributed by atoms with van der Waals surface area (Å²) in [5, 5.41) is 2.89. The average molecular weight is 397 g/mol. The van der Waals surface area contributed by atoms with Crippen LogP contribution in [0.1, 0.15) is 57.4 Å². The maximum Gasteiger partial charge on any atom is 0.287 e. The lowest BCUT2D eigenvalue weighted by molar-refractivity contribution is 0.0910. The van der Waals surface area contributed by atoms with Crippen molar-refractivity contribution in [2.75, 3.05) is 13.1 Å². The van der Waals surface area contributed by atoms with Gasteiger partial charge in [0.15, 0.2) is 5.76 Å². The monoisotopic (exact) mass is 396 g/mol. The number of hydrogen-bond donors (Lipinski definition) is 1. The van der Waals surface area contributed by atoms with Gasteiger partial charge in [-0.15, -0.1) is 11.3 Å². The van der Waals surface area contributed by atoms with Crippen molar-refractivity contribution in [3.63, 3.8) is 0 Å². The smallest absolute Gasteiger partial charge is 0.287 e. The summed E-state index contributed by atoms with van der Waals surface area (Å²) in [6, 6.07) is 3.22. The number of carbonyl (C=O) groups excluding carboxylic acids is 1. The van der Waals surface area contributed by atoms with Crippen LogP contribution in [0.5, 0.6) is 0 Å². The number of aryl methyl sites for hydroxylation is 3. The summed E-state index contributed by atoms with van der Waals surface area (Å²) in [7, 11) is -3.60. The molecule has 0 unspecified atom stereocenters. The summed E-state index contributed by atoms with van der Waals surface area (Å²) in [5.74, 6) is -0.138. The molecule has 6 nitrogen and oxygen atoms in total. The predicted octanol–water partition coefficient (Wildman–Crippen LogP) is 3.54. The lowest BCUT2D eigenvalue weighted by Crippen LogP contribution is -2.28. The van der Waals surface area contributed by atoms with Crippen molar-refractivity contribution >= 4 is 27.3 Å². The molecular formula is C18H24N2O4S2. The third-order valence-corrected chi connectivity index (χ3v) is 7.66. The van der Waals surface area contributed by atoms with Crippen molar-refractivity contribution in [2.45, 2.75) is 51.5 Å². The van der Waals surface area contributed by atoms with Gasteiger partial charge in [-0.1, -0.05) is 0 Å². The minimum Gasteiger partial charge on any atom is -0.455 e. The van der Waals surface area contributed by atoms with E-state index in [4.69, 9.17) is 4.42 Å². The van der Waals surface area contributed by atoms with Crippen LogP contribution in [-0.2, 0) is 10.0 Å². The first kappa shape index (κ1) is 19.1. The van der Waals surface area contributed by atoms with Gasteiger partial charge in [0.25, 0.3) is 5.91 Å². The zero-order chi connectivity index (χ0) is 19.1. The van der Waals surface area contributed by atoms with Crippen LogP contribution >= 0.6 is 11.3 Å². The molecule has 1 aliphatic rings. The molecule has 26 heavy (non-hydrogen) atoms. The zero-order valence-corrected chi connectivity index (χ0v) is 17.1. The fourth-order valence-corrected chi connectivity index (χ4v) is 6.03. The molecule has 0 bridgehead atoms. The van der Waals surface area contributed by atoms with Gasteiger partial charge in [-0.3, -0.25) is 4.79 Å². The van der Waals surface area contributed by atoms with Crippen molar-refractivity contribution in [1.29, 1.82) is 0 Å². The quantitative estimate of drug-likeness (QED) is 0.838. The van der Waals surface area contributed by atoms with E-state index in [0.717, 1.165) is 23.3 Å². The molecule has 2 aromatic heterocycles. The van der Waals surface area contributed by atoms with Gasteiger partial charge in [0, 0.05) is 28.9 Å². The summed E-state index contributed by atoms with van der Waals surface area (Å²) in [5.41, 5.74) is 1.06. The standard InChI is InChI=1S/C18H24N2O4S2/c1-11-9-15(14(4)25-11)12(2)19-18(21)16-10-17(13(3)24-16)26(22,23)20-7-5-6-8-20/h9-10,12H,5-8H2,1-4H3,(H,19,21)/t12-/m1/s1. The van der Waals surface area contributed by atoms with E-state index in [1.54, 1.807) is 18.3 Å². The van der Waals surface area contributed by atoms with Gasteiger partial charge in [-0.25, -0.2) is 8.42 Å². The SMILES string of the molecule is Cc1cc([C@@H](C)NC(=O)c2cc(S(=O)(=O)N3CCCC3)c(C)o2)c(C)s1. The largest absolute Gasteiger partial charge is 0.455 e. The summed E-state index contributed by atoms with van der Waals surface area (Å²) >= 11 is 1.68. The molecule has 1 atom stereocenters. The molecule has 2 aromatic rings. The van der Waals surface area contributed by atoms with Gasteiger partial charge in [0.2, 0.25) is 10.0 Å². The van der Waals surface area contributed by atoms with Gasteiger partial charge < -0.3 is 9.73 Å². The number of rotatable bonds is 5. The lowest BCUT2D eigenvalue weighted by Gasteiger charge is -2.14. The van der Waals surface area contributed by atoms with Gasteiger partial charge in [-0.05, 0) is 52.2 Å². The normalized spacial score (nSPS) is 16.8. The van der Waals surface area contributed by atoms with E-state index in [0.29, 0.717) is 13.1 Å². The molecule has 0 aromatic carbocycles. The van der Waals surface area contributed by atoms with Crippen LogP contribution in [0, 0.1) is 20.8 Å². The summed E-state index contributed by atoms with van der Waals surface area (Å²) in [4.78, 5) is 15.0. The summed E-state index contributed by atoms with van der Waals surface area (Å²) in [6.45, 7) is 8.57. The van der Waals surface area contributed by atoms with Crippen molar-refractivity contribution in [3.8, 4) is 0 Å². The first-order valence-electron chi connectivity index (χ1n) is 8.68. The number of nitrogens with one attached hydrogen (secondary N) is 1. The molecule has 1 aliphatic heterocycles. The number of thiophene rings is 1. The Balaban J connectivity index is 1.80. The molecule has 3 heterocycles. The first-order valence-corrected chi connectivity index (χ1v) is 10.9. The highest BCUT2D eigenvalue weighted by molar-refractivity contribution is 7.89. The molecule has 3 rings (SSSR count). The Morgan fingerprint density at radius 3 is 2.46 bits per heavy atom. The Bertz CT molecular complexity index is 921. The second kappa shape index (κ2) is 7.17. The first-order chi connectivity index (χ1) is 12.2. The second-order valence-electron chi connectivity index (χ2n) is 6.71. The number of hydrogen-bond acceptors (Lipinski definition) is 5.